The number of nitrogens with zero attached hydrogens (tertiary/aromatic N) is 2. The van der Waals surface area contributed by atoms with Crippen molar-refractivity contribution in [3.05, 3.63) is 78.4 Å². The van der Waals surface area contributed by atoms with Crippen LogP contribution in [-0.2, 0) is 0 Å². The maximum absolute atomic E-state index is 11.8. The van der Waals surface area contributed by atoms with Gasteiger partial charge in [0.2, 0.25) is 0 Å². The molecule has 0 atom stereocenters. The number of carboxylic acids is 1. The summed E-state index contributed by atoms with van der Waals surface area (Å²) in [5.74, 6) is -1.07. The normalized spacial score (nSPS) is 10.8. The van der Waals surface area contributed by atoms with Crippen LogP contribution in [0.15, 0.2) is 77.8 Å². The monoisotopic (exact) mass is 402 g/mol. The number of nitriles is 1. The van der Waals surface area contributed by atoms with Crippen molar-refractivity contribution in [1.29, 1.82) is 5.26 Å². The minimum absolute atomic E-state index is 0.0894. The van der Waals surface area contributed by atoms with Crippen LogP contribution in [0.3, 0.4) is 0 Å². The second-order valence-electron chi connectivity index (χ2n) is 5.90. The lowest BCUT2D eigenvalue weighted by atomic mass is 10.0. The van der Waals surface area contributed by atoms with Gasteiger partial charge in [0.15, 0.2) is 11.4 Å². The van der Waals surface area contributed by atoms with Crippen LogP contribution in [0, 0.1) is 11.5 Å². The quantitative estimate of drug-likeness (QED) is 0.234. The van der Waals surface area contributed by atoms with Crippen molar-refractivity contribution in [2.75, 3.05) is 11.6 Å². The molecule has 0 aliphatic rings. The van der Waals surface area contributed by atoms with Crippen molar-refractivity contribution in [1.82, 2.24) is 5.32 Å². The number of amidine groups is 1. The van der Waals surface area contributed by atoms with E-state index in [0.717, 1.165) is 16.8 Å². The molecule has 3 aromatic carbocycles. The van der Waals surface area contributed by atoms with E-state index in [0.29, 0.717) is 16.5 Å². The maximum Gasteiger partial charge on any atom is 0.337 e. The van der Waals surface area contributed by atoms with Crippen LogP contribution in [0.2, 0.25) is 0 Å². The van der Waals surface area contributed by atoms with E-state index in [1.807, 2.05) is 60.8 Å². The summed E-state index contributed by atoms with van der Waals surface area (Å²) in [6.45, 7) is 0. The Morgan fingerprint density at radius 2 is 1.76 bits per heavy atom. The first-order valence-electron chi connectivity index (χ1n) is 8.69. The molecule has 0 radical (unpaired) electrons. The number of aromatic carboxylic acids is 1. The van der Waals surface area contributed by atoms with Gasteiger partial charge in [0.1, 0.15) is 0 Å². The molecular formula is C22H18N4O2S. The number of anilines is 2. The Balaban J connectivity index is 2.13. The second kappa shape index (κ2) is 9.44. The summed E-state index contributed by atoms with van der Waals surface area (Å²) in [4.78, 5) is 16.3. The highest BCUT2D eigenvalue weighted by Crippen LogP contribution is 2.36. The highest BCUT2D eigenvalue weighted by atomic mass is 32.2. The number of hydrogen-bond donors (Lipinski definition) is 3. The summed E-state index contributed by atoms with van der Waals surface area (Å²) < 4.78 is 0. The zero-order chi connectivity index (χ0) is 20.6. The summed E-state index contributed by atoms with van der Waals surface area (Å²) in [6.07, 6.45) is 3.62. The van der Waals surface area contributed by atoms with Crippen LogP contribution in [0.5, 0.6) is 0 Å². The van der Waals surface area contributed by atoms with E-state index in [9.17, 15) is 9.90 Å². The standard InChI is InChI=1S/C22H18N4O2S/c1-29-22(24-14-23)26-19-13-7-11-17(21(27)28)20(19)25-18-12-6-5-10-16(18)15-8-3-2-4-9-15/h2-13,25H,1H3,(H,24,26)(H,27,28). The number of benzene rings is 3. The fourth-order valence-electron chi connectivity index (χ4n) is 2.82. The van der Waals surface area contributed by atoms with Crippen LogP contribution in [0.1, 0.15) is 10.4 Å². The number of thioether (sulfide) groups is 1. The van der Waals surface area contributed by atoms with Crippen LogP contribution in [0.4, 0.5) is 17.1 Å². The lowest BCUT2D eigenvalue weighted by Gasteiger charge is -2.16. The van der Waals surface area contributed by atoms with E-state index in [4.69, 9.17) is 5.26 Å². The molecule has 0 heterocycles. The van der Waals surface area contributed by atoms with Crippen LogP contribution in [-0.4, -0.2) is 22.5 Å². The number of aliphatic imine (C=N–C) groups is 1. The Labute approximate surface area is 172 Å². The van der Waals surface area contributed by atoms with Crippen molar-refractivity contribution >= 4 is 40.0 Å². The number of hydrogen-bond acceptors (Lipinski definition) is 5. The molecule has 0 bridgehead atoms. The van der Waals surface area contributed by atoms with Gasteiger partial charge >= 0.3 is 5.97 Å². The topological polar surface area (TPSA) is 97.5 Å². The third-order valence-corrected chi connectivity index (χ3v) is 4.70. The van der Waals surface area contributed by atoms with Crippen LogP contribution in [0.25, 0.3) is 11.1 Å². The Kier molecular flexibility index (Phi) is 6.51. The van der Waals surface area contributed by atoms with E-state index in [2.05, 4.69) is 15.6 Å². The molecule has 7 heteroatoms. The maximum atomic E-state index is 11.8. The van der Waals surface area contributed by atoms with E-state index >= 15 is 0 Å². The largest absolute Gasteiger partial charge is 0.478 e. The third-order valence-electron chi connectivity index (χ3n) is 4.12. The zero-order valence-electron chi connectivity index (χ0n) is 15.6. The summed E-state index contributed by atoms with van der Waals surface area (Å²) >= 11 is 1.26. The van der Waals surface area contributed by atoms with Gasteiger partial charge in [0, 0.05) is 11.3 Å². The number of carboxylic acid groups (broad SMARTS) is 1. The Morgan fingerprint density at radius 1 is 1.03 bits per heavy atom. The lowest BCUT2D eigenvalue weighted by Crippen LogP contribution is -2.13. The van der Waals surface area contributed by atoms with Gasteiger partial charge in [-0.1, -0.05) is 66.4 Å². The first-order chi connectivity index (χ1) is 14.1. The number of para-hydroxylation sites is 2. The molecule has 0 unspecified atom stereocenters. The average Bonchev–Trinajstić information content (AvgIpc) is 2.75. The molecule has 144 valence electrons. The molecule has 0 saturated heterocycles. The van der Waals surface area contributed by atoms with Gasteiger partial charge in [0.05, 0.1) is 16.9 Å². The molecule has 0 spiro atoms. The van der Waals surface area contributed by atoms with Gasteiger partial charge in [-0.2, -0.15) is 5.26 Å². The smallest absolute Gasteiger partial charge is 0.337 e. The molecule has 0 fully saturated rings. The Hall–Kier alpha value is -3.76. The van der Waals surface area contributed by atoms with E-state index < -0.39 is 5.97 Å². The van der Waals surface area contributed by atoms with Crippen LogP contribution < -0.4 is 10.6 Å². The van der Waals surface area contributed by atoms with Gasteiger partial charge in [0.25, 0.3) is 0 Å². The van der Waals surface area contributed by atoms with Gasteiger partial charge in [-0.15, -0.1) is 0 Å². The Bertz CT molecular complexity index is 1090. The minimum Gasteiger partial charge on any atom is -0.478 e. The molecule has 0 aliphatic heterocycles. The third kappa shape index (κ3) is 4.75. The number of nitrogens with one attached hydrogen (secondary N) is 2. The van der Waals surface area contributed by atoms with Crippen molar-refractivity contribution in [2.45, 2.75) is 0 Å². The van der Waals surface area contributed by atoms with E-state index in [-0.39, 0.29) is 5.56 Å². The molecule has 0 aromatic heterocycles. The Morgan fingerprint density at radius 3 is 2.45 bits per heavy atom. The first-order valence-corrected chi connectivity index (χ1v) is 9.92. The van der Waals surface area contributed by atoms with E-state index in [1.165, 1.54) is 17.8 Å². The van der Waals surface area contributed by atoms with Crippen molar-refractivity contribution in [3.8, 4) is 17.3 Å². The summed E-state index contributed by atoms with van der Waals surface area (Å²) in [5, 5.41) is 24.7. The fraction of sp³-hybridized carbons (Fsp3) is 0.0455. The molecule has 0 saturated carbocycles. The predicted octanol–water partition coefficient (Wildman–Crippen LogP) is 5.22. The van der Waals surface area contributed by atoms with Crippen molar-refractivity contribution < 1.29 is 9.90 Å². The molecular weight excluding hydrogens is 384 g/mol. The molecule has 0 amide bonds. The van der Waals surface area contributed by atoms with Gasteiger partial charge in [-0.25, -0.2) is 9.79 Å². The van der Waals surface area contributed by atoms with Crippen molar-refractivity contribution in [3.63, 3.8) is 0 Å². The summed E-state index contributed by atoms with van der Waals surface area (Å²) in [5.41, 5.74) is 3.55. The lowest BCUT2D eigenvalue weighted by molar-refractivity contribution is 0.0698. The summed E-state index contributed by atoms with van der Waals surface area (Å²) in [7, 11) is 0. The van der Waals surface area contributed by atoms with Gasteiger partial charge < -0.3 is 10.4 Å². The summed E-state index contributed by atoms with van der Waals surface area (Å²) in [6, 6.07) is 22.3. The highest BCUT2D eigenvalue weighted by molar-refractivity contribution is 8.13. The van der Waals surface area contributed by atoms with E-state index in [1.54, 1.807) is 18.4 Å². The fourth-order valence-corrected chi connectivity index (χ4v) is 3.16. The SMILES string of the molecule is CSC(=Nc1cccc(C(=O)O)c1Nc1ccccc1-c1ccccc1)NC#N. The minimum atomic E-state index is -1.07. The van der Waals surface area contributed by atoms with Gasteiger partial charge in [-0.05, 0) is 30.0 Å². The molecule has 3 aromatic rings. The molecule has 0 aliphatic carbocycles. The second-order valence-corrected chi connectivity index (χ2v) is 6.69. The van der Waals surface area contributed by atoms with Crippen molar-refractivity contribution in [2.24, 2.45) is 4.99 Å². The van der Waals surface area contributed by atoms with Crippen LogP contribution >= 0.6 is 11.8 Å². The predicted molar refractivity (Wildman–Crippen MR) is 118 cm³/mol. The average molecular weight is 402 g/mol. The molecule has 29 heavy (non-hydrogen) atoms. The first kappa shape index (κ1) is 20.0. The molecule has 3 rings (SSSR count). The molecule has 6 nitrogen and oxygen atoms in total. The molecule has 3 N–H and O–H groups in total. The highest BCUT2D eigenvalue weighted by Gasteiger charge is 2.16. The zero-order valence-corrected chi connectivity index (χ0v) is 16.4. The number of rotatable bonds is 5. The number of carbonyl (C=O) groups is 1. The van der Waals surface area contributed by atoms with Gasteiger partial charge in [-0.3, -0.25) is 5.32 Å².